The fraction of sp³-hybridized carbons (Fsp3) is 1.00. The SMILES string of the molecule is CC(C)(N)CC(O)C1CCOCC1. The molecule has 13 heavy (non-hydrogen) atoms. The highest BCUT2D eigenvalue weighted by molar-refractivity contribution is 4.81. The molecule has 0 aliphatic carbocycles. The lowest BCUT2D eigenvalue weighted by Gasteiger charge is -2.30. The van der Waals surface area contributed by atoms with E-state index < -0.39 is 0 Å². The lowest BCUT2D eigenvalue weighted by molar-refractivity contribution is -0.00161. The molecule has 1 aliphatic rings. The molecule has 0 saturated carbocycles. The van der Waals surface area contributed by atoms with Crippen LogP contribution in [0.3, 0.4) is 0 Å². The van der Waals surface area contributed by atoms with Gasteiger partial charge in [0.05, 0.1) is 6.10 Å². The van der Waals surface area contributed by atoms with Crippen LogP contribution in [0.1, 0.15) is 33.1 Å². The van der Waals surface area contributed by atoms with E-state index in [0.29, 0.717) is 12.3 Å². The number of hydrogen-bond acceptors (Lipinski definition) is 3. The fourth-order valence-electron chi connectivity index (χ4n) is 1.81. The molecule has 0 aromatic rings. The second-order valence-electron chi connectivity index (χ2n) is 4.71. The van der Waals surface area contributed by atoms with Gasteiger partial charge in [0, 0.05) is 18.8 Å². The monoisotopic (exact) mass is 187 g/mol. The van der Waals surface area contributed by atoms with E-state index in [4.69, 9.17) is 10.5 Å². The largest absolute Gasteiger partial charge is 0.393 e. The Bertz CT molecular complexity index is 147. The maximum absolute atomic E-state index is 9.87. The van der Waals surface area contributed by atoms with Gasteiger partial charge in [0.2, 0.25) is 0 Å². The van der Waals surface area contributed by atoms with Crippen LogP contribution >= 0.6 is 0 Å². The first-order chi connectivity index (χ1) is 5.99. The summed E-state index contributed by atoms with van der Waals surface area (Å²) in [6, 6.07) is 0. The van der Waals surface area contributed by atoms with E-state index in [-0.39, 0.29) is 11.6 Å². The Morgan fingerprint density at radius 1 is 1.46 bits per heavy atom. The molecule has 0 spiro atoms. The fourth-order valence-corrected chi connectivity index (χ4v) is 1.81. The van der Waals surface area contributed by atoms with E-state index >= 15 is 0 Å². The summed E-state index contributed by atoms with van der Waals surface area (Å²) < 4.78 is 5.24. The zero-order chi connectivity index (χ0) is 9.90. The Labute approximate surface area is 80.3 Å². The first-order valence-corrected chi connectivity index (χ1v) is 5.04. The van der Waals surface area contributed by atoms with Gasteiger partial charge in [-0.1, -0.05) is 0 Å². The maximum atomic E-state index is 9.87. The summed E-state index contributed by atoms with van der Waals surface area (Å²) in [4.78, 5) is 0. The zero-order valence-corrected chi connectivity index (χ0v) is 8.62. The van der Waals surface area contributed by atoms with Gasteiger partial charge in [-0.2, -0.15) is 0 Å². The molecule has 1 aliphatic heterocycles. The van der Waals surface area contributed by atoms with Crippen LogP contribution in [0.4, 0.5) is 0 Å². The summed E-state index contributed by atoms with van der Waals surface area (Å²) in [5.74, 6) is 0.386. The topological polar surface area (TPSA) is 55.5 Å². The van der Waals surface area contributed by atoms with Crippen molar-refractivity contribution in [2.75, 3.05) is 13.2 Å². The minimum Gasteiger partial charge on any atom is -0.393 e. The third kappa shape index (κ3) is 4.07. The van der Waals surface area contributed by atoms with E-state index in [9.17, 15) is 5.11 Å². The summed E-state index contributed by atoms with van der Waals surface area (Å²) in [5, 5.41) is 9.87. The number of rotatable bonds is 3. The van der Waals surface area contributed by atoms with Gasteiger partial charge in [0.25, 0.3) is 0 Å². The number of aliphatic hydroxyl groups excluding tert-OH is 1. The van der Waals surface area contributed by atoms with Crippen molar-refractivity contribution >= 4 is 0 Å². The van der Waals surface area contributed by atoms with Crippen LogP contribution in [-0.4, -0.2) is 30.0 Å². The summed E-state index contributed by atoms with van der Waals surface area (Å²) in [6.45, 7) is 5.48. The van der Waals surface area contributed by atoms with Crippen molar-refractivity contribution in [2.24, 2.45) is 11.7 Å². The Morgan fingerprint density at radius 3 is 2.46 bits per heavy atom. The summed E-state index contributed by atoms with van der Waals surface area (Å²) in [6.07, 6.45) is 2.36. The predicted octanol–water partition coefficient (Wildman–Crippen LogP) is 0.901. The molecule has 1 atom stereocenters. The van der Waals surface area contributed by atoms with Gasteiger partial charge in [-0.15, -0.1) is 0 Å². The second-order valence-corrected chi connectivity index (χ2v) is 4.71. The van der Waals surface area contributed by atoms with Gasteiger partial charge in [0.15, 0.2) is 0 Å². The zero-order valence-electron chi connectivity index (χ0n) is 8.62. The molecule has 0 amide bonds. The molecule has 0 bridgehead atoms. The molecule has 1 unspecified atom stereocenters. The summed E-state index contributed by atoms with van der Waals surface area (Å²) >= 11 is 0. The standard InChI is InChI=1S/C10H21NO2/c1-10(2,11)7-9(12)8-3-5-13-6-4-8/h8-9,12H,3-7,11H2,1-2H3. The Balaban J connectivity index is 2.33. The average Bonchev–Trinajstić information content (AvgIpc) is 2.03. The van der Waals surface area contributed by atoms with Crippen molar-refractivity contribution in [3.8, 4) is 0 Å². The van der Waals surface area contributed by atoms with Crippen molar-refractivity contribution < 1.29 is 9.84 Å². The molecule has 1 rings (SSSR count). The number of hydrogen-bond donors (Lipinski definition) is 2. The van der Waals surface area contributed by atoms with E-state index in [2.05, 4.69) is 0 Å². The molecule has 1 fully saturated rings. The van der Waals surface area contributed by atoms with Gasteiger partial charge in [-0.3, -0.25) is 0 Å². The van der Waals surface area contributed by atoms with Gasteiger partial charge in [-0.25, -0.2) is 0 Å². The van der Waals surface area contributed by atoms with Gasteiger partial charge in [0.1, 0.15) is 0 Å². The number of nitrogens with two attached hydrogens (primary N) is 1. The number of aliphatic hydroxyl groups is 1. The Kier molecular flexibility index (Phi) is 3.71. The maximum Gasteiger partial charge on any atom is 0.0587 e. The highest BCUT2D eigenvalue weighted by Crippen LogP contribution is 2.23. The van der Waals surface area contributed by atoms with Gasteiger partial charge < -0.3 is 15.6 Å². The normalized spacial score (nSPS) is 23.1. The molecule has 3 heteroatoms. The average molecular weight is 187 g/mol. The molecule has 3 N–H and O–H groups in total. The Hall–Kier alpha value is -0.120. The highest BCUT2D eigenvalue weighted by atomic mass is 16.5. The minimum absolute atomic E-state index is 0.260. The number of ether oxygens (including phenoxy) is 1. The highest BCUT2D eigenvalue weighted by Gasteiger charge is 2.26. The van der Waals surface area contributed by atoms with E-state index in [1.807, 2.05) is 13.8 Å². The lowest BCUT2D eigenvalue weighted by Crippen LogP contribution is -2.40. The van der Waals surface area contributed by atoms with Crippen molar-refractivity contribution in [3.05, 3.63) is 0 Å². The molecule has 0 aromatic carbocycles. The van der Waals surface area contributed by atoms with Crippen LogP contribution in [-0.2, 0) is 4.74 Å². The molecule has 78 valence electrons. The summed E-state index contributed by atoms with van der Waals surface area (Å²) in [5.41, 5.74) is 5.59. The van der Waals surface area contributed by atoms with Crippen LogP contribution in [0.15, 0.2) is 0 Å². The summed E-state index contributed by atoms with van der Waals surface area (Å²) in [7, 11) is 0. The molecular formula is C10H21NO2. The van der Waals surface area contributed by atoms with Crippen LogP contribution in [0.2, 0.25) is 0 Å². The van der Waals surface area contributed by atoms with Crippen molar-refractivity contribution in [2.45, 2.75) is 44.8 Å². The van der Waals surface area contributed by atoms with Crippen molar-refractivity contribution in [1.29, 1.82) is 0 Å². The first-order valence-electron chi connectivity index (χ1n) is 5.04. The third-order valence-electron chi connectivity index (χ3n) is 2.55. The van der Waals surface area contributed by atoms with E-state index in [1.165, 1.54) is 0 Å². The second kappa shape index (κ2) is 4.40. The third-order valence-corrected chi connectivity index (χ3v) is 2.55. The Morgan fingerprint density at radius 2 is 2.00 bits per heavy atom. The minimum atomic E-state index is -0.266. The van der Waals surface area contributed by atoms with Crippen LogP contribution < -0.4 is 5.73 Å². The molecule has 3 nitrogen and oxygen atoms in total. The van der Waals surface area contributed by atoms with E-state index in [1.54, 1.807) is 0 Å². The molecule has 1 saturated heterocycles. The van der Waals surface area contributed by atoms with E-state index in [0.717, 1.165) is 26.1 Å². The van der Waals surface area contributed by atoms with Crippen LogP contribution in [0.5, 0.6) is 0 Å². The lowest BCUT2D eigenvalue weighted by atomic mass is 9.86. The van der Waals surface area contributed by atoms with Crippen LogP contribution in [0.25, 0.3) is 0 Å². The predicted molar refractivity (Wildman–Crippen MR) is 52.4 cm³/mol. The molecule has 0 aromatic heterocycles. The van der Waals surface area contributed by atoms with Gasteiger partial charge >= 0.3 is 0 Å². The van der Waals surface area contributed by atoms with Crippen molar-refractivity contribution in [1.82, 2.24) is 0 Å². The van der Waals surface area contributed by atoms with Crippen molar-refractivity contribution in [3.63, 3.8) is 0 Å². The molecule has 0 radical (unpaired) electrons. The smallest absolute Gasteiger partial charge is 0.0587 e. The molecule has 1 heterocycles. The van der Waals surface area contributed by atoms with Crippen LogP contribution in [0, 0.1) is 5.92 Å². The molecular weight excluding hydrogens is 166 g/mol. The first kappa shape index (κ1) is 11.0. The quantitative estimate of drug-likeness (QED) is 0.690. The van der Waals surface area contributed by atoms with Gasteiger partial charge in [-0.05, 0) is 39.0 Å².